The Morgan fingerprint density at radius 2 is 1.35 bits per heavy atom. The van der Waals surface area contributed by atoms with Gasteiger partial charge in [0.15, 0.2) is 5.78 Å². The smallest absolute Gasteiger partial charge is 0.161 e. The number of Topliss-reactive ketones (excluding diaryl/α,β-unsaturated/α-hetero) is 1. The van der Waals surface area contributed by atoms with E-state index >= 15 is 0 Å². The van der Waals surface area contributed by atoms with Crippen LogP contribution in [0.2, 0.25) is 0 Å². The lowest BCUT2D eigenvalue weighted by Gasteiger charge is -2.49. The maximum atomic E-state index is 12.7. The molecule has 16 atom stereocenters. The topological polar surface area (TPSA) is 301 Å². The molecule has 15 nitrogen and oxygen atoms in total. The fourth-order valence-electron chi connectivity index (χ4n) is 6.34. The molecule has 0 bridgehead atoms. The summed E-state index contributed by atoms with van der Waals surface area (Å²) in [5, 5.41) is 83.5. The monoisotopic (exact) mass is 580 g/mol. The van der Waals surface area contributed by atoms with E-state index in [1.54, 1.807) is 0 Å². The summed E-state index contributed by atoms with van der Waals surface area (Å²) in [5.41, 5.74) is 23.5. The van der Waals surface area contributed by atoms with Crippen LogP contribution in [0.4, 0.5) is 0 Å². The molecule has 0 aliphatic heterocycles. The minimum Gasteiger partial charge on any atom is -0.396 e. The predicted molar refractivity (Wildman–Crippen MR) is 139 cm³/mol. The molecule has 3 unspecified atom stereocenters. The first kappa shape index (κ1) is 33.6. The van der Waals surface area contributed by atoms with E-state index in [-0.39, 0.29) is 45.2 Å². The molecule has 3 saturated carbocycles. The molecule has 0 saturated heterocycles. The van der Waals surface area contributed by atoms with Crippen molar-refractivity contribution in [1.82, 2.24) is 0 Å². The Hall–Kier alpha value is -0.890. The summed E-state index contributed by atoms with van der Waals surface area (Å²) >= 11 is 0. The van der Waals surface area contributed by atoms with Gasteiger partial charge in [0.2, 0.25) is 0 Å². The molecule has 0 amide bonds. The van der Waals surface area contributed by atoms with Crippen LogP contribution in [0.5, 0.6) is 0 Å². The van der Waals surface area contributed by atoms with Crippen molar-refractivity contribution >= 4 is 5.78 Å². The van der Waals surface area contributed by atoms with E-state index in [0.717, 1.165) is 0 Å². The van der Waals surface area contributed by atoms with Gasteiger partial charge < -0.3 is 73.3 Å². The van der Waals surface area contributed by atoms with E-state index in [1.807, 2.05) is 0 Å². The Balaban J connectivity index is 1.85. The summed E-state index contributed by atoms with van der Waals surface area (Å²) in [5.74, 6) is -2.54. The average Bonchev–Trinajstić information content (AvgIpc) is 2.92. The zero-order valence-electron chi connectivity index (χ0n) is 22.5. The van der Waals surface area contributed by atoms with Crippen LogP contribution >= 0.6 is 0 Å². The van der Waals surface area contributed by atoms with Crippen molar-refractivity contribution in [2.24, 2.45) is 40.7 Å². The van der Waals surface area contributed by atoms with Gasteiger partial charge in [0.1, 0.15) is 30.5 Å². The van der Waals surface area contributed by atoms with Crippen molar-refractivity contribution in [3.8, 4) is 0 Å². The van der Waals surface area contributed by atoms with Gasteiger partial charge in [-0.05, 0) is 44.7 Å². The minimum absolute atomic E-state index is 0.00734. The summed E-state index contributed by atoms with van der Waals surface area (Å²) in [6, 6.07) is -2.01. The quantitative estimate of drug-likeness (QED) is 0.108. The number of hydrogen-bond acceptors (Lipinski definition) is 15. The average molecular weight is 581 g/mol. The third kappa shape index (κ3) is 7.18. The number of hydrogen-bond donors (Lipinski definition) is 12. The molecule has 0 aromatic rings. The van der Waals surface area contributed by atoms with E-state index < -0.39 is 109 Å². The van der Waals surface area contributed by atoms with E-state index in [2.05, 4.69) is 0 Å². The molecule has 16 N–H and O–H groups in total. The van der Waals surface area contributed by atoms with Crippen LogP contribution in [0.25, 0.3) is 0 Å². The molecule has 0 aromatic carbocycles. The summed E-state index contributed by atoms with van der Waals surface area (Å²) in [7, 11) is 0. The first-order valence-electron chi connectivity index (χ1n) is 14.0. The van der Waals surface area contributed by atoms with Crippen molar-refractivity contribution < 1.29 is 55.1 Å². The summed E-state index contributed by atoms with van der Waals surface area (Å²) in [4.78, 5) is 12.7. The van der Waals surface area contributed by atoms with Crippen LogP contribution in [0.3, 0.4) is 0 Å². The molecule has 0 spiro atoms. The number of ketones is 1. The SMILES string of the molecule is NCCC(O)C(=O)C[C@@H]1C[C@H](N)[C@@H](OC2C[C@H](CN)[C@@H](O)[C@H](O)[C@H]2O)[C@H](O)C1O[C@H]1C[C@H](CO)[C@@H](O)[C@H](N)[C@H]1O. The first-order chi connectivity index (χ1) is 18.9. The summed E-state index contributed by atoms with van der Waals surface area (Å²) in [6.45, 7) is -0.321. The Morgan fingerprint density at radius 3 is 1.95 bits per heavy atom. The van der Waals surface area contributed by atoms with E-state index in [1.165, 1.54) is 0 Å². The molecule has 3 aliphatic carbocycles. The highest BCUT2D eigenvalue weighted by Gasteiger charge is 2.51. The molecule has 0 heterocycles. The van der Waals surface area contributed by atoms with Crippen molar-refractivity contribution in [3.63, 3.8) is 0 Å². The molecule has 40 heavy (non-hydrogen) atoms. The van der Waals surface area contributed by atoms with Crippen molar-refractivity contribution in [2.75, 3.05) is 19.7 Å². The number of nitrogens with two attached hydrogens (primary N) is 4. The zero-order chi connectivity index (χ0) is 29.9. The Labute approximate surface area is 233 Å². The van der Waals surface area contributed by atoms with Gasteiger partial charge in [-0.2, -0.15) is 0 Å². The Kier molecular flexibility index (Phi) is 12.2. The van der Waals surface area contributed by atoms with Crippen molar-refractivity contribution in [3.05, 3.63) is 0 Å². The van der Waals surface area contributed by atoms with E-state index in [9.17, 15) is 45.6 Å². The van der Waals surface area contributed by atoms with Crippen LogP contribution in [-0.2, 0) is 14.3 Å². The lowest BCUT2D eigenvalue weighted by molar-refractivity contribution is -0.239. The Bertz CT molecular complexity index is 811. The Morgan fingerprint density at radius 1 is 0.750 bits per heavy atom. The van der Waals surface area contributed by atoms with Crippen LogP contribution < -0.4 is 22.9 Å². The molecule has 3 aliphatic rings. The van der Waals surface area contributed by atoms with Crippen molar-refractivity contribution in [2.45, 2.75) is 111 Å². The van der Waals surface area contributed by atoms with Gasteiger partial charge in [0, 0.05) is 30.9 Å². The van der Waals surface area contributed by atoms with Crippen molar-refractivity contribution in [1.29, 1.82) is 0 Å². The molecule has 234 valence electrons. The fourth-order valence-corrected chi connectivity index (χ4v) is 6.34. The standard InChI is InChI=1S/C25H48N4O11/c26-2-1-13(31)14(32)4-9-3-12(28)25(40-16-5-10(7-27)19(34)22(37)21(16)36)23(38)24(9)39-15-6-11(8-30)18(33)17(29)20(15)35/h9-13,15-25,30-31,33-38H,1-8,26-29H2/t9-,10+,11+,12-,13?,15-,16?,17-,18+,19+,20-,21-,22-,23+,24?,25+/m0/s1. The van der Waals surface area contributed by atoms with Gasteiger partial charge in [-0.25, -0.2) is 0 Å². The lowest BCUT2D eigenvalue weighted by Crippen LogP contribution is -2.65. The van der Waals surface area contributed by atoms with Gasteiger partial charge in [0.25, 0.3) is 0 Å². The molecule has 3 fully saturated rings. The van der Waals surface area contributed by atoms with Crippen LogP contribution in [-0.4, -0.2) is 146 Å². The van der Waals surface area contributed by atoms with Crippen LogP contribution in [0.15, 0.2) is 0 Å². The number of rotatable bonds is 11. The predicted octanol–water partition coefficient (Wildman–Crippen LogP) is -6.01. The molecular formula is C25H48N4O11. The van der Waals surface area contributed by atoms with Gasteiger partial charge in [-0.1, -0.05) is 0 Å². The summed E-state index contributed by atoms with van der Waals surface area (Å²) in [6.07, 6.45) is -14.1. The molecule has 15 heteroatoms. The zero-order valence-corrected chi connectivity index (χ0v) is 22.5. The summed E-state index contributed by atoms with van der Waals surface area (Å²) < 4.78 is 12.2. The lowest BCUT2D eigenvalue weighted by atomic mass is 9.75. The normalized spacial score (nSPS) is 47.1. The number of aliphatic hydroxyl groups is 8. The van der Waals surface area contributed by atoms with Gasteiger partial charge >= 0.3 is 0 Å². The second kappa shape index (κ2) is 14.5. The number of carbonyl (C=O) groups excluding carboxylic acids is 1. The maximum absolute atomic E-state index is 12.7. The first-order valence-corrected chi connectivity index (χ1v) is 14.0. The second-order valence-electron chi connectivity index (χ2n) is 11.6. The minimum atomic E-state index is -1.54. The molecule has 0 radical (unpaired) electrons. The van der Waals surface area contributed by atoms with E-state index in [0.29, 0.717) is 0 Å². The van der Waals surface area contributed by atoms with Gasteiger partial charge in [0.05, 0.1) is 42.7 Å². The maximum Gasteiger partial charge on any atom is 0.161 e. The number of carbonyl (C=O) groups is 1. The molecule has 0 aromatic heterocycles. The fraction of sp³-hybridized carbons (Fsp3) is 0.960. The third-order valence-electron chi connectivity index (χ3n) is 8.90. The molecule has 3 rings (SSSR count). The molecular weight excluding hydrogens is 532 g/mol. The van der Waals surface area contributed by atoms with Gasteiger partial charge in [-0.15, -0.1) is 0 Å². The highest BCUT2D eigenvalue weighted by Crippen LogP contribution is 2.38. The van der Waals surface area contributed by atoms with Gasteiger partial charge in [-0.3, -0.25) is 4.79 Å². The van der Waals surface area contributed by atoms with E-state index in [4.69, 9.17) is 32.4 Å². The second-order valence-corrected chi connectivity index (χ2v) is 11.6. The number of aliphatic hydroxyl groups excluding tert-OH is 8. The highest BCUT2D eigenvalue weighted by atomic mass is 16.6. The highest BCUT2D eigenvalue weighted by molar-refractivity contribution is 5.83. The third-order valence-corrected chi connectivity index (χ3v) is 8.90. The van der Waals surface area contributed by atoms with Crippen LogP contribution in [0, 0.1) is 17.8 Å². The number of ether oxygens (including phenoxy) is 2. The largest absolute Gasteiger partial charge is 0.396 e. The van der Waals surface area contributed by atoms with Crippen LogP contribution in [0.1, 0.15) is 32.1 Å².